The average molecular weight is 292 g/mol. The molecule has 0 N–H and O–H groups in total. The standard InChI is InChI=1S/C19H16O3/c1-12(20)17(19(21)22-2)18-15-9-5-3-7-13(15)11-14-8-4-6-10-16(14)18/h3-11,17H,1-2H3. The van der Waals surface area contributed by atoms with Gasteiger partial charge < -0.3 is 4.74 Å². The van der Waals surface area contributed by atoms with Gasteiger partial charge in [-0.2, -0.15) is 0 Å². The smallest absolute Gasteiger partial charge is 0.320 e. The fourth-order valence-corrected chi connectivity index (χ4v) is 2.96. The molecule has 0 bridgehead atoms. The van der Waals surface area contributed by atoms with Crippen LogP contribution in [-0.4, -0.2) is 18.9 Å². The molecule has 3 aromatic carbocycles. The number of rotatable bonds is 3. The van der Waals surface area contributed by atoms with Gasteiger partial charge in [0.15, 0.2) is 0 Å². The van der Waals surface area contributed by atoms with Crippen LogP contribution >= 0.6 is 0 Å². The van der Waals surface area contributed by atoms with E-state index in [4.69, 9.17) is 4.74 Å². The minimum absolute atomic E-state index is 0.214. The van der Waals surface area contributed by atoms with Crippen molar-refractivity contribution in [1.29, 1.82) is 0 Å². The van der Waals surface area contributed by atoms with E-state index >= 15 is 0 Å². The molecule has 3 rings (SSSR count). The summed E-state index contributed by atoms with van der Waals surface area (Å²) in [5.41, 5.74) is 0.730. The van der Waals surface area contributed by atoms with Crippen molar-refractivity contribution in [3.05, 3.63) is 60.2 Å². The third-order valence-electron chi connectivity index (χ3n) is 3.95. The zero-order chi connectivity index (χ0) is 15.7. The topological polar surface area (TPSA) is 43.4 Å². The van der Waals surface area contributed by atoms with E-state index in [2.05, 4.69) is 6.07 Å². The Balaban J connectivity index is 2.46. The molecule has 0 saturated heterocycles. The summed E-state index contributed by atoms with van der Waals surface area (Å²) in [6.45, 7) is 1.43. The summed E-state index contributed by atoms with van der Waals surface area (Å²) in [6, 6.07) is 17.6. The molecule has 110 valence electrons. The summed E-state index contributed by atoms with van der Waals surface area (Å²) in [7, 11) is 1.31. The molecule has 0 aliphatic heterocycles. The molecule has 0 aliphatic carbocycles. The molecule has 1 atom stereocenters. The number of methoxy groups -OCH3 is 1. The first-order valence-electron chi connectivity index (χ1n) is 7.12. The molecule has 0 spiro atoms. The fourth-order valence-electron chi connectivity index (χ4n) is 2.96. The summed E-state index contributed by atoms with van der Waals surface area (Å²) in [5, 5.41) is 3.83. The SMILES string of the molecule is COC(=O)C(C(C)=O)c1c2ccccc2cc2ccccc12. The second-order valence-electron chi connectivity index (χ2n) is 5.30. The quantitative estimate of drug-likeness (QED) is 0.418. The first kappa shape index (κ1) is 14.3. The third-order valence-corrected chi connectivity index (χ3v) is 3.95. The molecule has 0 saturated carbocycles. The van der Waals surface area contributed by atoms with Crippen molar-refractivity contribution in [3.63, 3.8) is 0 Å². The van der Waals surface area contributed by atoms with Crippen LogP contribution in [0.2, 0.25) is 0 Å². The van der Waals surface area contributed by atoms with Gasteiger partial charge >= 0.3 is 5.97 Å². The Hall–Kier alpha value is -2.68. The zero-order valence-electron chi connectivity index (χ0n) is 12.5. The van der Waals surface area contributed by atoms with E-state index < -0.39 is 11.9 Å². The van der Waals surface area contributed by atoms with Gasteiger partial charge in [0.2, 0.25) is 0 Å². The molecule has 0 aliphatic rings. The van der Waals surface area contributed by atoms with Crippen molar-refractivity contribution in [2.75, 3.05) is 7.11 Å². The van der Waals surface area contributed by atoms with Crippen LogP contribution in [0, 0.1) is 0 Å². The van der Waals surface area contributed by atoms with Crippen molar-refractivity contribution in [2.24, 2.45) is 0 Å². The predicted molar refractivity (Wildman–Crippen MR) is 86.9 cm³/mol. The van der Waals surface area contributed by atoms with Gasteiger partial charge in [0.05, 0.1) is 7.11 Å². The number of Topliss-reactive ketones (excluding diaryl/α,β-unsaturated/α-hetero) is 1. The van der Waals surface area contributed by atoms with Crippen LogP contribution in [0.25, 0.3) is 21.5 Å². The Kier molecular flexibility index (Phi) is 3.63. The summed E-state index contributed by atoms with van der Waals surface area (Å²) < 4.78 is 4.87. The molecular formula is C19H16O3. The van der Waals surface area contributed by atoms with Crippen LogP contribution < -0.4 is 0 Å². The van der Waals surface area contributed by atoms with E-state index in [1.165, 1.54) is 14.0 Å². The molecule has 3 heteroatoms. The van der Waals surface area contributed by atoms with E-state index in [0.29, 0.717) is 0 Å². The number of fused-ring (bicyclic) bond motifs is 2. The van der Waals surface area contributed by atoms with Crippen LogP contribution in [0.3, 0.4) is 0 Å². The number of hydrogen-bond donors (Lipinski definition) is 0. The molecule has 3 nitrogen and oxygen atoms in total. The van der Waals surface area contributed by atoms with Crippen molar-refractivity contribution in [3.8, 4) is 0 Å². The van der Waals surface area contributed by atoms with Crippen LogP contribution in [-0.2, 0) is 14.3 Å². The maximum Gasteiger partial charge on any atom is 0.320 e. The van der Waals surface area contributed by atoms with E-state index in [1.807, 2.05) is 48.5 Å². The highest BCUT2D eigenvalue weighted by molar-refractivity contribution is 6.13. The summed E-state index contributed by atoms with van der Waals surface area (Å²) >= 11 is 0. The highest BCUT2D eigenvalue weighted by atomic mass is 16.5. The highest BCUT2D eigenvalue weighted by Gasteiger charge is 2.29. The van der Waals surface area contributed by atoms with E-state index in [9.17, 15) is 9.59 Å². The van der Waals surface area contributed by atoms with Gasteiger partial charge in [-0.3, -0.25) is 9.59 Å². The third kappa shape index (κ3) is 2.25. The van der Waals surface area contributed by atoms with Crippen molar-refractivity contribution >= 4 is 33.3 Å². The minimum atomic E-state index is -0.902. The van der Waals surface area contributed by atoms with Gasteiger partial charge in [0.25, 0.3) is 0 Å². The largest absolute Gasteiger partial charge is 0.468 e. The number of carbonyl (C=O) groups excluding carboxylic acids is 2. The second kappa shape index (κ2) is 5.60. The molecule has 3 aromatic rings. The highest BCUT2D eigenvalue weighted by Crippen LogP contribution is 2.34. The number of hydrogen-bond acceptors (Lipinski definition) is 3. The minimum Gasteiger partial charge on any atom is -0.468 e. The molecular weight excluding hydrogens is 276 g/mol. The molecule has 0 amide bonds. The summed E-state index contributed by atoms with van der Waals surface area (Å²) in [6.07, 6.45) is 0. The van der Waals surface area contributed by atoms with Crippen LogP contribution in [0.15, 0.2) is 54.6 Å². The zero-order valence-corrected chi connectivity index (χ0v) is 12.5. The predicted octanol–water partition coefficient (Wildman–Crippen LogP) is 3.84. The number of benzene rings is 3. The van der Waals surface area contributed by atoms with Gasteiger partial charge in [-0.05, 0) is 40.1 Å². The van der Waals surface area contributed by atoms with E-state index in [-0.39, 0.29) is 5.78 Å². The Bertz CT molecular complexity index is 826. The Morgan fingerprint density at radius 2 is 1.41 bits per heavy atom. The number of esters is 1. The molecule has 1 unspecified atom stereocenters. The van der Waals surface area contributed by atoms with Gasteiger partial charge in [0, 0.05) is 0 Å². The summed E-state index contributed by atoms with van der Waals surface area (Å²) in [4.78, 5) is 24.3. The molecule has 0 fully saturated rings. The second-order valence-corrected chi connectivity index (χ2v) is 5.30. The van der Waals surface area contributed by atoms with Crippen molar-refractivity contribution in [1.82, 2.24) is 0 Å². The van der Waals surface area contributed by atoms with Gasteiger partial charge in [-0.1, -0.05) is 48.5 Å². The normalized spacial score (nSPS) is 12.3. The molecule has 0 aromatic heterocycles. The lowest BCUT2D eigenvalue weighted by molar-refractivity contribution is -0.145. The fraction of sp³-hybridized carbons (Fsp3) is 0.158. The Morgan fingerprint density at radius 1 is 0.909 bits per heavy atom. The number of ketones is 1. The van der Waals surface area contributed by atoms with Crippen LogP contribution in [0.5, 0.6) is 0 Å². The number of ether oxygens (including phenoxy) is 1. The van der Waals surface area contributed by atoms with Crippen LogP contribution in [0.1, 0.15) is 18.4 Å². The monoisotopic (exact) mass is 292 g/mol. The molecule has 0 radical (unpaired) electrons. The lowest BCUT2D eigenvalue weighted by Crippen LogP contribution is -2.21. The lowest BCUT2D eigenvalue weighted by Gasteiger charge is -2.17. The lowest BCUT2D eigenvalue weighted by atomic mass is 9.86. The maximum atomic E-state index is 12.2. The summed E-state index contributed by atoms with van der Waals surface area (Å²) in [5.74, 6) is -1.64. The Labute approximate surface area is 128 Å². The Morgan fingerprint density at radius 3 is 1.86 bits per heavy atom. The maximum absolute atomic E-state index is 12.2. The van der Waals surface area contributed by atoms with Crippen molar-refractivity contribution in [2.45, 2.75) is 12.8 Å². The van der Waals surface area contributed by atoms with Crippen LogP contribution in [0.4, 0.5) is 0 Å². The first-order valence-corrected chi connectivity index (χ1v) is 7.12. The van der Waals surface area contributed by atoms with E-state index in [1.54, 1.807) is 0 Å². The molecule has 22 heavy (non-hydrogen) atoms. The van der Waals surface area contributed by atoms with Gasteiger partial charge in [-0.25, -0.2) is 0 Å². The number of carbonyl (C=O) groups is 2. The first-order chi connectivity index (χ1) is 10.6. The van der Waals surface area contributed by atoms with Crippen molar-refractivity contribution < 1.29 is 14.3 Å². The van der Waals surface area contributed by atoms with Gasteiger partial charge in [0.1, 0.15) is 11.7 Å². The molecule has 0 heterocycles. The van der Waals surface area contributed by atoms with Gasteiger partial charge in [-0.15, -0.1) is 0 Å². The van der Waals surface area contributed by atoms with E-state index in [0.717, 1.165) is 27.1 Å². The average Bonchev–Trinajstić information content (AvgIpc) is 2.54.